The molecule has 1 aromatic heterocycles. The van der Waals surface area contributed by atoms with E-state index in [2.05, 4.69) is 5.32 Å². The van der Waals surface area contributed by atoms with Crippen molar-refractivity contribution in [3.8, 4) is 0 Å². The molecule has 0 atom stereocenters. The number of benzene rings is 3. The smallest absolute Gasteiger partial charge is 0.230 e. The van der Waals surface area contributed by atoms with Gasteiger partial charge in [-0.3, -0.25) is 9.59 Å². The van der Waals surface area contributed by atoms with Gasteiger partial charge in [-0.2, -0.15) is 0 Å². The Bertz CT molecular complexity index is 1260. The zero-order valence-electron chi connectivity index (χ0n) is 16.7. The molecule has 0 unspecified atom stereocenters. The number of Topliss-reactive ketones (excluding diaryl/α,β-unsaturated/α-hetero) is 1. The van der Waals surface area contributed by atoms with Crippen LogP contribution in [0.1, 0.15) is 37.6 Å². The van der Waals surface area contributed by atoms with E-state index in [1.807, 2.05) is 37.3 Å². The highest BCUT2D eigenvalue weighted by Crippen LogP contribution is 2.32. The first-order valence-electron chi connectivity index (χ1n) is 9.60. The maximum atomic E-state index is 13.8. The molecule has 1 heterocycles. The predicted octanol–water partition coefficient (Wildman–Crippen LogP) is 5.71. The van der Waals surface area contributed by atoms with Gasteiger partial charge in [0.05, 0.1) is 12.2 Å². The summed E-state index contributed by atoms with van der Waals surface area (Å²) in [4.78, 5) is 25.7. The van der Waals surface area contributed by atoms with Crippen molar-refractivity contribution >= 4 is 28.2 Å². The van der Waals surface area contributed by atoms with Crippen molar-refractivity contribution in [2.75, 3.05) is 11.9 Å². The number of carbonyl (C=O) groups excluding carboxylic acids is 2. The van der Waals surface area contributed by atoms with E-state index in [-0.39, 0.29) is 29.4 Å². The van der Waals surface area contributed by atoms with Crippen molar-refractivity contribution in [2.24, 2.45) is 0 Å². The lowest BCUT2D eigenvalue weighted by Gasteiger charge is -2.08. The zero-order valence-corrected chi connectivity index (χ0v) is 16.7. The van der Waals surface area contributed by atoms with Crippen molar-refractivity contribution in [2.45, 2.75) is 13.8 Å². The Morgan fingerprint density at radius 3 is 2.37 bits per heavy atom. The van der Waals surface area contributed by atoms with Crippen molar-refractivity contribution in [1.29, 1.82) is 0 Å². The fourth-order valence-electron chi connectivity index (χ4n) is 3.25. The van der Waals surface area contributed by atoms with Crippen LogP contribution in [-0.2, 0) is 0 Å². The molecule has 0 saturated heterocycles. The van der Waals surface area contributed by atoms with Gasteiger partial charge >= 0.3 is 0 Å². The number of fused-ring (bicyclic) bond motifs is 1. The first kappa shape index (κ1) is 19.6. The number of furan rings is 1. The summed E-state index contributed by atoms with van der Waals surface area (Å²) in [6.07, 6.45) is 0. The number of carbonyl (C=O) groups is 2. The van der Waals surface area contributed by atoms with E-state index >= 15 is 0 Å². The summed E-state index contributed by atoms with van der Waals surface area (Å²) in [5, 5.41) is 3.75. The Kier molecular flexibility index (Phi) is 5.19. The number of para-hydroxylation sites is 1. The standard InChI is InChI=1S/C25H20FNO3/c1-15-7-10-17(11-8-15)24(29)25-23(19-5-3-4-6-22(19)30-25)27-14-21(28)18-12-9-16(2)20(26)13-18/h3-13,27H,14H2,1-2H3. The lowest BCUT2D eigenvalue weighted by atomic mass is 10.0. The Labute approximate surface area is 173 Å². The zero-order chi connectivity index (χ0) is 21.3. The maximum absolute atomic E-state index is 13.8. The van der Waals surface area contributed by atoms with Crippen molar-refractivity contribution < 1.29 is 18.4 Å². The molecule has 0 amide bonds. The molecule has 3 aromatic carbocycles. The Balaban J connectivity index is 1.66. The SMILES string of the molecule is Cc1ccc(C(=O)c2oc3ccccc3c2NCC(=O)c2ccc(C)c(F)c2)cc1. The van der Waals surface area contributed by atoms with Crippen molar-refractivity contribution in [3.63, 3.8) is 0 Å². The van der Waals surface area contributed by atoms with Crippen molar-refractivity contribution in [1.82, 2.24) is 0 Å². The minimum absolute atomic E-state index is 0.0970. The quantitative estimate of drug-likeness (QED) is 0.420. The Morgan fingerprint density at radius 1 is 0.933 bits per heavy atom. The van der Waals surface area contributed by atoms with E-state index in [4.69, 9.17) is 4.42 Å². The molecule has 0 fully saturated rings. The summed E-state index contributed by atoms with van der Waals surface area (Å²) in [5.41, 5.74) is 3.29. The summed E-state index contributed by atoms with van der Waals surface area (Å²) in [7, 11) is 0. The molecule has 5 heteroatoms. The molecule has 4 aromatic rings. The average Bonchev–Trinajstić information content (AvgIpc) is 3.12. The second-order valence-corrected chi connectivity index (χ2v) is 7.24. The molecule has 150 valence electrons. The lowest BCUT2D eigenvalue weighted by Crippen LogP contribution is -2.16. The molecule has 0 aliphatic carbocycles. The van der Waals surface area contributed by atoms with E-state index in [0.717, 1.165) is 5.56 Å². The van der Waals surface area contributed by atoms with Crippen LogP contribution in [0.25, 0.3) is 11.0 Å². The van der Waals surface area contributed by atoms with Crippen LogP contribution >= 0.6 is 0 Å². The highest BCUT2D eigenvalue weighted by atomic mass is 19.1. The minimum Gasteiger partial charge on any atom is -0.450 e. The normalized spacial score (nSPS) is 10.9. The number of nitrogens with one attached hydrogen (secondary N) is 1. The first-order chi connectivity index (χ1) is 14.4. The third kappa shape index (κ3) is 3.74. The molecule has 4 rings (SSSR count). The van der Waals surface area contributed by atoms with E-state index in [0.29, 0.717) is 27.8 Å². The third-order valence-electron chi connectivity index (χ3n) is 5.03. The van der Waals surface area contributed by atoms with E-state index in [9.17, 15) is 14.0 Å². The second-order valence-electron chi connectivity index (χ2n) is 7.24. The van der Waals surface area contributed by atoms with Crippen LogP contribution in [-0.4, -0.2) is 18.1 Å². The van der Waals surface area contributed by atoms with Crippen LogP contribution in [0.3, 0.4) is 0 Å². The molecule has 4 nitrogen and oxygen atoms in total. The summed E-state index contributed by atoms with van der Waals surface area (Å²) in [6.45, 7) is 3.49. The van der Waals surface area contributed by atoms with Crippen LogP contribution in [0.15, 0.2) is 71.1 Å². The monoisotopic (exact) mass is 401 g/mol. The van der Waals surface area contributed by atoms with E-state index in [1.165, 1.54) is 6.07 Å². The molecular formula is C25H20FNO3. The van der Waals surface area contributed by atoms with Gasteiger partial charge in [0, 0.05) is 16.5 Å². The van der Waals surface area contributed by atoms with Gasteiger partial charge in [0.15, 0.2) is 11.5 Å². The molecule has 0 saturated carbocycles. The van der Waals surface area contributed by atoms with Crippen LogP contribution in [0, 0.1) is 19.7 Å². The van der Waals surface area contributed by atoms with Gasteiger partial charge in [-0.15, -0.1) is 0 Å². The largest absolute Gasteiger partial charge is 0.450 e. The number of hydrogen-bond acceptors (Lipinski definition) is 4. The fraction of sp³-hybridized carbons (Fsp3) is 0.120. The van der Waals surface area contributed by atoms with E-state index in [1.54, 1.807) is 37.3 Å². The highest BCUT2D eigenvalue weighted by molar-refractivity contribution is 6.15. The molecule has 0 radical (unpaired) electrons. The number of ketones is 2. The van der Waals surface area contributed by atoms with E-state index < -0.39 is 5.82 Å². The topological polar surface area (TPSA) is 59.3 Å². The van der Waals surface area contributed by atoms with Crippen LogP contribution in [0.2, 0.25) is 0 Å². The predicted molar refractivity (Wildman–Crippen MR) is 115 cm³/mol. The summed E-state index contributed by atoms with van der Waals surface area (Å²) >= 11 is 0. The van der Waals surface area contributed by atoms with Gasteiger partial charge in [0.25, 0.3) is 0 Å². The molecule has 0 spiro atoms. The summed E-state index contributed by atoms with van der Waals surface area (Å²) < 4.78 is 19.7. The number of rotatable bonds is 6. The molecule has 1 N–H and O–H groups in total. The summed E-state index contributed by atoms with van der Waals surface area (Å²) in [5.74, 6) is -0.844. The van der Waals surface area contributed by atoms with Gasteiger partial charge in [0.1, 0.15) is 11.4 Å². The number of aryl methyl sites for hydroxylation is 2. The first-order valence-corrected chi connectivity index (χ1v) is 9.60. The average molecular weight is 401 g/mol. The lowest BCUT2D eigenvalue weighted by molar-refractivity contribution is 0.0997. The molecule has 30 heavy (non-hydrogen) atoms. The number of hydrogen-bond donors (Lipinski definition) is 1. The second kappa shape index (κ2) is 7.95. The van der Waals surface area contributed by atoms with Crippen LogP contribution in [0.5, 0.6) is 0 Å². The van der Waals surface area contributed by atoms with Gasteiger partial charge in [-0.25, -0.2) is 4.39 Å². The van der Waals surface area contributed by atoms with Gasteiger partial charge in [-0.1, -0.05) is 54.1 Å². The highest BCUT2D eigenvalue weighted by Gasteiger charge is 2.22. The molecule has 0 aliphatic heterocycles. The minimum atomic E-state index is -0.426. The van der Waals surface area contributed by atoms with Gasteiger partial charge < -0.3 is 9.73 Å². The number of anilines is 1. The molecular weight excluding hydrogens is 381 g/mol. The van der Waals surface area contributed by atoms with Gasteiger partial charge in [-0.05, 0) is 37.6 Å². The van der Waals surface area contributed by atoms with Crippen LogP contribution < -0.4 is 5.32 Å². The van der Waals surface area contributed by atoms with Crippen LogP contribution in [0.4, 0.5) is 10.1 Å². The fourth-order valence-corrected chi connectivity index (χ4v) is 3.25. The Morgan fingerprint density at radius 2 is 1.63 bits per heavy atom. The maximum Gasteiger partial charge on any atom is 0.230 e. The Hall–Kier alpha value is -3.73. The molecule has 0 bridgehead atoms. The van der Waals surface area contributed by atoms with Gasteiger partial charge in [0.2, 0.25) is 5.78 Å². The number of halogens is 1. The van der Waals surface area contributed by atoms with Crippen molar-refractivity contribution in [3.05, 3.63) is 101 Å². The third-order valence-corrected chi connectivity index (χ3v) is 5.03. The summed E-state index contributed by atoms with van der Waals surface area (Å²) in [6, 6.07) is 18.8. The molecule has 0 aliphatic rings.